The number of aromatic nitrogens is 2. The van der Waals surface area contributed by atoms with Crippen LogP contribution in [0.4, 0.5) is 5.82 Å². The smallest absolute Gasteiger partial charge is 0.164 e. The SMILES string of the molecule is O=C(CCc1ccc(O)c2c1CCCO2)CC(=O)C1C(C[N-]c2ccc[nH]2)=Cc2[n-]ccc2C1CCCCc1cccc(O)c1. The summed E-state index contributed by atoms with van der Waals surface area (Å²) in [6, 6.07) is 16.6. The Bertz CT molecular complexity index is 1670. The Morgan fingerprint density at radius 2 is 1.96 bits per heavy atom. The van der Waals surface area contributed by atoms with Gasteiger partial charge in [0.15, 0.2) is 11.5 Å². The monoisotopic (exact) mass is 605 g/mol. The minimum absolute atomic E-state index is 0.0752. The fourth-order valence-corrected chi connectivity index (χ4v) is 6.81. The number of aromatic amines is 1. The molecule has 0 fully saturated rings. The van der Waals surface area contributed by atoms with Crippen LogP contribution in [-0.4, -0.2) is 39.9 Å². The highest BCUT2D eigenvalue weighted by molar-refractivity contribution is 6.02. The van der Waals surface area contributed by atoms with Gasteiger partial charge < -0.3 is 30.2 Å². The van der Waals surface area contributed by atoms with Gasteiger partial charge in [0.05, 0.1) is 13.0 Å². The van der Waals surface area contributed by atoms with Crippen molar-refractivity contribution in [3.8, 4) is 17.2 Å². The van der Waals surface area contributed by atoms with Crippen molar-refractivity contribution < 1.29 is 24.5 Å². The number of nitrogens with one attached hydrogen (secondary N) is 1. The van der Waals surface area contributed by atoms with Crippen molar-refractivity contribution >= 4 is 23.5 Å². The molecule has 2 aromatic carbocycles. The van der Waals surface area contributed by atoms with Crippen LogP contribution in [0, 0.1) is 5.92 Å². The number of hydrogen-bond donors (Lipinski definition) is 3. The maximum absolute atomic E-state index is 14.1. The molecule has 2 unspecified atom stereocenters. The number of ketones is 2. The van der Waals surface area contributed by atoms with E-state index in [2.05, 4.69) is 9.97 Å². The molecular formula is C37H39N3O5-2. The summed E-state index contributed by atoms with van der Waals surface area (Å²) >= 11 is 0. The van der Waals surface area contributed by atoms with Crippen molar-refractivity contribution in [2.75, 3.05) is 13.2 Å². The molecule has 234 valence electrons. The number of hydrogen-bond acceptors (Lipinski definition) is 5. The van der Waals surface area contributed by atoms with Crippen molar-refractivity contribution in [3.63, 3.8) is 0 Å². The molecule has 0 saturated heterocycles. The zero-order chi connectivity index (χ0) is 31.2. The highest BCUT2D eigenvalue weighted by Crippen LogP contribution is 2.43. The number of carbonyl (C=O) groups is 2. The van der Waals surface area contributed by atoms with E-state index in [4.69, 9.17) is 10.1 Å². The van der Waals surface area contributed by atoms with Gasteiger partial charge in [-0.25, -0.2) is 0 Å². The van der Waals surface area contributed by atoms with Gasteiger partial charge in [-0.1, -0.05) is 72.0 Å². The van der Waals surface area contributed by atoms with Gasteiger partial charge in [-0.3, -0.25) is 9.59 Å². The number of rotatable bonds is 14. The molecule has 0 amide bonds. The Hall–Kier alpha value is -4.72. The summed E-state index contributed by atoms with van der Waals surface area (Å²) < 4.78 is 5.69. The van der Waals surface area contributed by atoms with E-state index in [1.807, 2.05) is 48.7 Å². The molecule has 8 nitrogen and oxygen atoms in total. The number of H-pyrrole nitrogens is 1. The molecule has 45 heavy (non-hydrogen) atoms. The molecule has 2 aliphatic rings. The zero-order valence-corrected chi connectivity index (χ0v) is 25.4. The van der Waals surface area contributed by atoms with Crippen LogP contribution >= 0.6 is 0 Å². The molecule has 0 radical (unpaired) electrons. The number of fused-ring (bicyclic) bond motifs is 2. The molecule has 3 N–H and O–H groups in total. The minimum atomic E-state index is -0.458. The number of carbonyl (C=O) groups excluding carboxylic acids is 2. The largest absolute Gasteiger partial charge is 0.664 e. The summed E-state index contributed by atoms with van der Waals surface area (Å²) in [6.45, 7) is 0.916. The molecule has 2 aromatic heterocycles. The minimum Gasteiger partial charge on any atom is -0.664 e. The van der Waals surface area contributed by atoms with Crippen molar-refractivity contribution in [1.82, 2.24) is 9.97 Å². The maximum atomic E-state index is 14.1. The first-order valence-electron chi connectivity index (χ1n) is 15.9. The summed E-state index contributed by atoms with van der Waals surface area (Å²) in [5, 5.41) is 24.8. The van der Waals surface area contributed by atoms with Crippen LogP contribution in [0.3, 0.4) is 0 Å². The fraction of sp³-hybridized carbons (Fsp3) is 0.351. The van der Waals surface area contributed by atoms with Crippen molar-refractivity contribution in [2.24, 2.45) is 5.92 Å². The second-order valence-electron chi connectivity index (χ2n) is 12.1. The van der Waals surface area contributed by atoms with Crippen molar-refractivity contribution in [3.05, 3.63) is 106 Å². The first-order valence-corrected chi connectivity index (χ1v) is 15.9. The Kier molecular flexibility index (Phi) is 9.38. The van der Waals surface area contributed by atoms with Crippen molar-refractivity contribution in [1.29, 1.82) is 0 Å². The molecule has 2 atom stereocenters. The Morgan fingerprint density at radius 3 is 2.80 bits per heavy atom. The number of phenolic OH excluding ortho intramolecular Hbond substituents is 2. The van der Waals surface area contributed by atoms with Gasteiger partial charge in [0.25, 0.3) is 0 Å². The molecule has 4 aromatic rings. The predicted molar refractivity (Wildman–Crippen MR) is 173 cm³/mol. The number of unbranched alkanes of at least 4 members (excludes halogenated alkanes) is 1. The lowest BCUT2D eigenvalue weighted by Crippen LogP contribution is -2.30. The number of Topliss-reactive ketones (excluding diaryl/α,β-unsaturated/α-hetero) is 2. The summed E-state index contributed by atoms with van der Waals surface area (Å²) in [6.07, 6.45) is 11.3. The lowest BCUT2D eigenvalue weighted by molar-refractivity contribution is -0.129. The lowest BCUT2D eigenvalue weighted by atomic mass is 9.71. The second-order valence-corrected chi connectivity index (χ2v) is 12.1. The highest BCUT2D eigenvalue weighted by Gasteiger charge is 2.35. The topological polar surface area (TPSA) is 128 Å². The Labute approximate surface area is 263 Å². The van der Waals surface area contributed by atoms with E-state index in [1.54, 1.807) is 24.4 Å². The summed E-state index contributed by atoms with van der Waals surface area (Å²) in [4.78, 5) is 35.1. The molecule has 0 saturated carbocycles. The Morgan fingerprint density at radius 1 is 1.04 bits per heavy atom. The molecule has 1 aliphatic heterocycles. The number of benzene rings is 2. The van der Waals surface area contributed by atoms with Gasteiger partial charge in [-0.05, 0) is 80.3 Å². The lowest BCUT2D eigenvalue weighted by Gasteiger charge is -2.36. The van der Waals surface area contributed by atoms with Gasteiger partial charge in [-0.15, -0.1) is 5.69 Å². The standard InChI is InChI=1S/C37H39N3O5/c41-27-8-3-7-24(20-27)6-1-2-9-31-30-16-18-38-32(30)21-26(23-40-35-11-4-17-39-35)36(31)34(44)22-28(42)14-12-25-13-15-33(43)37-29(25)10-5-19-45-37/h3-4,7-8,11,13,15-18,20-21,31,36,39,41,43H,1-2,5-6,9-10,12,14,19,22-23H2/q-2. The van der Waals surface area contributed by atoms with E-state index in [1.165, 1.54) is 0 Å². The average molecular weight is 606 g/mol. The average Bonchev–Trinajstić information content (AvgIpc) is 3.74. The molecule has 3 heterocycles. The molecule has 8 heteroatoms. The van der Waals surface area contributed by atoms with Crippen molar-refractivity contribution in [2.45, 2.75) is 63.7 Å². The predicted octanol–water partition coefficient (Wildman–Crippen LogP) is 7.08. The van der Waals surface area contributed by atoms with E-state index in [-0.39, 0.29) is 41.8 Å². The number of aryl methyl sites for hydroxylation is 2. The Balaban J connectivity index is 1.16. The zero-order valence-electron chi connectivity index (χ0n) is 25.4. The first-order chi connectivity index (χ1) is 22.0. The van der Waals surface area contributed by atoms with Crippen LogP contribution in [0.1, 0.15) is 72.4 Å². The summed E-state index contributed by atoms with van der Waals surface area (Å²) in [7, 11) is 0. The third kappa shape index (κ3) is 7.17. The van der Waals surface area contributed by atoms with Crippen LogP contribution in [0.25, 0.3) is 11.4 Å². The van der Waals surface area contributed by atoms with Crippen LogP contribution in [0.15, 0.2) is 72.6 Å². The fourth-order valence-electron chi connectivity index (χ4n) is 6.81. The molecule has 6 rings (SSSR count). The third-order valence-corrected chi connectivity index (χ3v) is 8.99. The van der Waals surface area contributed by atoms with Gasteiger partial charge >= 0.3 is 0 Å². The summed E-state index contributed by atoms with van der Waals surface area (Å²) in [5.74, 6) is 0.945. The van der Waals surface area contributed by atoms with Gasteiger partial charge in [0, 0.05) is 17.9 Å². The molecule has 0 spiro atoms. The van der Waals surface area contributed by atoms with Gasteiger partial charge in [0.1, 0.15) is 17.3 Å². The third-order valence-electron chi connectivity index (χ3n) is 8.99. The number of ether oxygens (including phenoxy) is 1. The van der Waals surface area contributed by atoms with Crippen LogP contribution in [-0.2, 0) is 28.9 Å². The quantitative estimate of drug-likeness (QED) is 0.104. The first kappa shape index (κ1) is 30.3. The summed E-state index contributed by atoms with van der Waals surface area (Å²) in [5.41, 5.74) is 5.85. The van der Waals surface area contributed by atoms with Crippen LogP contribution in [0.2, 0.25) is 0 Å². The molecule has 0 bridgehead atoms. The van der Waals surface area contributed by atoms with E-state index in [9.17, 15) is 19.8 Å². The number of nitrogens with zero attached hydrogens (tertiary/aromatic N) is 2. The van der Waals surface area contributed by atoms with Gasteiger partial charge in [-0.2, -0.15) is 6.20 Å². The molecule has 1 aliphatic carbocycles. The van der Waals surface area contributed by atoms with E-state index < -0.39 is 5.92 Å². The number of phenols is 2. The maximum Gasteiger partial charge on any atom is 0.164 e. The van der Waals surface area contributed by atoms with Crippen LogP contribution < -0.4 is 9.72 Å². The second kappa shape index (κ2) is 13.9. The van der Waals surface area contributed by atoms with E-state index in [0.717, 1.165) is 77.9 Å². The number of aromatic hydroxyl groups is 2. The van der Waals surface area contributed by atoms with E-state index >= 15 is 0 Å². The normalized spacial score (nSPS) is 17.1. The molecular weight excluding hydrogens is 566 g/mol. The van der Waals surface area contributed by atoms with Crippen LogP contribution in [0.5, 0.6) is 17.2 Å². The highest BCUT2D eigenvalue weighted by atomic mass is 16.5. The van der Waals surface area contributed by atoms with Gasteiger partial charge in [0.2, 0.25) is 0 Å². The van der Waals surface area contributed by atoms with E-state index in [0.29, 0.717) is 25.3 Å².